The van der Waals surface area contributed by atoms with Gasteiger partial charge in [0.15, 0.2) is 0 Å². The topological polar surface area (TPSA) is 67.2 Å². The maximum Gasteiger partial charge on any atom is 0.237 e. The van der Waals surface area contributed by atoms with E-state index in [4.69, 9.17) is 0 Å². The van der Waals surface area contributed by atoms with E-state index in [0.717, 1.165) is 42.0 Å². The largest absolute Gasteiger partial charge is 0.308 e. The molecule has 1 amide bonds. The molecule has 2 aromatic carbocycles. The van der Waals surface area contributed by atoms with E-state index in [1.54, 1.807) is 4.68 Å². The van der Waals surface area contributed by atoms with Crippen LogP contribution in [0.2, 0.25) is 0 Å². The van der Waals surface area contributed by atoms with Gasteiger partial charge in [-0.15, -0.1) is 5.10 Å². The van der Waals surface area contributed by atoms with Gasteiger partial charge in [-0.1, -0.05) is 47.2 Å². The Balaban J connectivity index is 1.40. The lowest BCUT2D eigenvalue weighted by Gasteiger charge is -2.36. The molecule has 0 radical (unpaired) electrons. The maximum absolute atomic E-state index is 13.6. The highest BCUT2D eigenvalue weighted by Gasteiger charge is 2.43. The highest BCUT2D eigenvalue weighted by atomic mass is 32.2. The van der Waals surface area contributed by atoms with Crippen molar-refractivity contribution in [1.82, 2.24) is 25.1 Å². The van der Waals surface area contributed by atoms with Gasteiger partial charge in [0.2, 0.25) is 11.1 Å². The number of piperidine rings is 1. The van der Waals surface area contributed by atoms with E-state index in [2.05, 4.69) is 90.4 Å². The molecule has 1 saturated heterocycles. The van der Waals surface area contributed by atoms with Crippen LogP contribution < -0.4 is 4.90 Å². The summed E-state index contributed by atoms with van der Waals surface area (Å²) in [6.45, 7) is 10.3. The van der Waals surface area contributed by atoms with E-state index in [1.165, 1.54) is 28.5 Å². The molecule has 8 heteroatoms. The molecule has 172 valence electrons. The highest BCUT2D eigenvalue weighted by molar-refractivity contribution is 7.99. The number of aromatic nitrogens is 4. The first-order chi connectivity index (χ1) is 15.8. The minimum atomic E-state index is 0.119. The standard InChI is InChI=1S/C25H30N6OS/c1-15-6-7-21-19(12-15)20-13-29(5)9-8-22(20)30(21)23(32)14-33-25-26-27-28-31(25)24-17(3)10-16(2)11-18(24)4/h6-7,10-12,20,22H,8-9,13-14H2,1-5H3/t20-,22-/m0/s1. The van der Waals surface area contributed by atoms with Gasteiger partial charge in [-0.2, -0.15) is 4.68 Å². The van der Waals surface area contributed by atoms with Crippen molar-refractivity contribution in [3.63, 3.8) is 0 Å². The van der Waals surface area contributed by atoms with Crippen LogP contribution in [0.15, 0.2) is 35.5 Å². The highest BCUT2D eigenvalue weighted by Crippen LogP contribution is 2.45. The summed E-state index contributed by atoms with van der Waals surface area (Å²) in [5.41, 5.74) is 8.05. The van der Waals surface area contributed by atoms with Crippen molar-refractivity contribution in [3.8, 4) is 5.69 Å². The second-order valence-electron chi connectivity index (χ2n) is 9.46. The molecular weight excluding hydrogens is 432 g/mol. The Morgan fingerprint density at radius 1 is 1.09 bits per heavy atom. The molecule has 3 heterocycles. The van der Waals surface area contributed by atoms with Crippen molar-refractivity contribution in [1.29, 1.82) is 0 Å². The van der Waals surface area contributed by atoms with Gasteiger partial charge in [-0.05, 0) is 80.9 Å². The number of rotatable bonds is 4. The van der Waals surface area contributed by atoms with Gasteiger partial charge in [0.25, 0.3) is 0 Å². The van der Waals surface area contributed by atoms with Gasteiger partial charge >= 0.3 is 0 Å². The molecule has 1 fully saturated rings. The van der Waals surface area contributed by atoms with Crippen molar-refractivity contribution in [2.75, 3.05) is 30.8 Å². The Morgan fingerprint density at radius 3 is 2.61 bits per heavy atom. The van der Waals surface area contributed by atoms with E-state index in [1.807, 2.05) is 0 Å². The minimum absolute atomic E-state index is 0.119. The third-order valence-corrected chi connectivity index (χ3v) is 7.74. The van der Waals surface area contributed by atoms with Crippen LogP contribution in [0, 0.1) is 27.7 Å². The number of aryl methyl sites for hydroxylation is 4. The zero-order valence-electron chi connectivity index (χ0n) is 19.9. The molecule has 0 aliphatic carbocycles. The molecule has 1 aromatic heterocycles. The number of fused-ring (bicyclic) bond motifs is 3. The van der Waals surface area contributed by atoms with Crippen molar-refractivity contribution in [2.24, 2.45) is 0 Å². The Morgan fingerprint density at radius 2 is 1.85 bits per heavy atom. The minimum Gasteiger partial charge on any atom is -0.308 e. The molecule has 7 nitrogen and oxygen atoms in total. The number of thioether (sulfide) groups is 1. The number of likely N-dealkylation sites (tertiary alicyclic amines) is 1. The number of amides is 1. The first kappa shape index (κ1) is 22.1. The molecule has 0 N–H and O–H groups in total. The fraction of sp³-hybridized carbons (Fsp3) is 0.440. The quantitative estimate of drug-likeness (QED) is 0.549. The molecule has 0 saturated carbocycles. The predicted octanol–water partition coefficient (Wildman–Crippen LogP) is 3.82. The average molecular weight is 463 g/mol. The molecule has 2 aliphatic rings. The molecule has 5 rings (SSSR count). The second kappa shape index (κ2) is 8.57. The van der Waals surface area contributed by atoms with Crippen LogP contribution in [-0.4, -0.2) is 62.9 Å². The predicted molar refractivity (Wildman–Crippen MR) is 131 cm³/mol. The summed E-state index contributed by atoms with van der Waals surface area (Å²) in [7, 11) is 2.17. The number of anilines is 1. The van der Waals surface area contributed by atoms with Crippen LogP contribution >= 0.6 is 11.8 Å². The van der Waals surface area contributed by atoms with Crippen molar-refractivity contribution >= 4 is 23.4 Å². The fourth-order valence-corrected chi connectivity index (χ4v) is 6.25. The van der Waals surface area contributed by atoms with Gasteiger partial charge in [0.05, 0.1) is 11.4 Å². The number of hydrogen-bond acceptors (Lipinski definition) is 6. The van der Waals surface area contributed by atoms with Crippen LogP contribution in [0.3, 0.4) is 0 Å². The summed E-state index contributed by atoms with van der Waals surface area (Å²) < 4.78 is 1.77. The van der Waals surface area contributed by atoms with Crippen LogP contribution in [0.5, 0.6) is 0 Å². The van der Waals surface area contributed by atoms with Crippen LogP contribution in [0.1, 0.15) is 40.2 Å². The van der Waals surface area contributed by atoms with Gasteiger partial charge in [-0.25, -0.2) is 0 Å². The third kappa shape index (κ3) is 3.95. The molecule has 2 aliphatic heterocycles. The monoisotopic (exact) mass is 462 g/mol. The van der Waals surface area contributed by atoms with Gasteiger partial charge in [0.1, 0.15) is 0 Å². The van der Waals surface area contributed by atoms with Crippen LogP contribution in [0.25, 0.3) is 5.69 Å². The normalized spacial score (nSPS) is 20.1. The van der Waals surface area contributed by atoms with E-state index >= 15 is 0 Å². The van der Waals surface area contributed by atoms with Crippen LogP contribution in [-0.2, 0) is 4.79 Å². The van der Waals surface area contributed by atoms with Gasteiger partial charge < -0.3 is 9.80 Å². The number of benzene rings is 2. The summed E-state index contributed by atoms with van der Waals surface area (Å²) in [5.74, 6) is 0.793. The first-order valence-corrected chi connectivity index (χ1v) is 12.4. The Bertz CT molecular complexity index is 1200. The number of nitrogens with zero attached hydrogens (tertiary/aromatic N) is 6. The average Bonchev–Trinajstić information content (AvgIpc) is 3.33. The van der Waals surface area contributed by atoms with Crippen molar-refractivity contribution in [3.05, 3.63) is 58.1 Å². The van der Waals surface area contributed by atoms with Gasteiger partial charge in [-0.3, -0.25) is 4.79 Å². The molecular formula is C25H30N6OS. The van der Waals surface area contributed by atoms with E-state index in [9.17, 15) is 4.79 Å². The zero-order chi connectivity index (χ0) is 23.3. The van der Waals surface area contributed by atoms with E-state index in [0.29, 0.717) is 16.8 Å². The number of likely N-dealkylation sites (N-methyl/N-ethyl adjacent to an activating group) is 1. The summed E-state index contributed by atoms with van der Waals surface area (Å²) >= 11 is 1.41. The molecule has 2 atom stereocenters. The zero-order valence-corrected chi connectivity index (χ0v) is 20.7. The van der Waals surface area contributed by atoms with Gasteiger partial charge in [0, 0.05) is 24.2 Å². The Kier molecular flexibility index (Phi) is 5.74. The van der Waals surface area contributed by atoms with Crippen LogP contribution in [0.4, 0.5) is 5.69 Å². The summed E-state index contributed by atoms with van der Waals surface area (Å²) in [6.07, 6.45) is 0.991. The van der Waals surface area contributed by atoms with E-state index < -0.39 is 0 Å². The number of carbonyl (C=O) groups is 1. The lowest BCUT2D eigenvalue weighted by atomic mass is 9.89. The van der Waals surface area contributed by atoms with Crippen molar-refractivity contribution in [2.45, 2.75) is 51.2 Å². The first-order valence-electron chi connectivity index (χ1n) is 11.4. The summed E-state index contributed by atoms with van der Waals surface area (Å²) in [5, 5.41) is 13.0. The molecule has 33 heavy (non-hydrogen) atoms. The maximum atomic E-state index is 13.6. The molecule has 3 aromatic rings. The molecule has 0 spiro atoms. The number of carbonyl (C=O) groups excluding carboxylic acids is 1. The summed E-state index contributed by atoms with van der Waals surface area (Å²) in [4.78, 5) is 18.0. The lowest BCUT2D eigenvalue weighted by Crippen LogP contribution is -2.47. The fourth-order valence-electron chi connectivity index (χ4n) is 5.52. The molecule has 0 unspecified atom stereocenters. The summed E-state index contributed by atoms with van der Waals surface area (Å²) in [6, 6.07) is 11.0. The Hall–Kier alpha value is -2.71. The SMILES string of the molecule is Cc1cc(C)c(-n2nnnc2SCC(=O)N2c3ccc(C)cc3[C@@H]3CN(C)CC[C@@H]32)c(C)c1. The second-order valence-corrected chi connectivity index (χ2v) is 10.4. The van der Waals surface area contributed by atoms with E-state index in [-0.39, 0.29) is 11.9 Å². The number of hydrogen-bond donors (Lipinski definition) is 0. The Labute approximate surface area is 199 Å². The van der Waals surface area contributed by atoms with Crippen molar-refractivity contribution < 1.29 is 4.79 Å². The number of tetrazole rings is 1. The lowest BCUT2D eigenvalue weighted by molar-refractivity contribution is -0.116. The molecule has 0 bridgehead atoms. The third-order valence-electron chi connectivity index (χ3n) is 6.83. The smallest absolute Gasteiger partial charge is 0.237 e.